The van der Waals surface area contributed by atoms with Gasteiger partial charge in [0.15, 0.2) is 0 Å². The number of thiol groups is 1. The summed E-state index contributed by atoms with van der Waals surface area (Å²) in [5.41, 5.74) is 1.11. The van der Waals surface area contributed by atoms with Gasteiger partial charge in [0.2, 0.25) is 5.91 Å². The van der Waals surface area contributed by atoms with Crippen molar-refractivity contribution in [1.82, 2.24) is 4.90 Å². The quantitative estimate of drug-likeness (QED) is 0.102. The van der Waals surface area contributed by atoms with Crippen LogP contribution in [0.4, 0.5) is 0 Å². The lowest BCUT2D eigenvalue weighted by Gasteiger charge is -2.45. The van der Waals surface area contributed by atoms with Gasteiger partial charge in [-0.15, -0.1) is 0 Å². The molecule has 4 aromatic carbocycles. The Morgan fingerprint density at radius 3 is 1.69 bits per heavy atom. The molecule has 1 aliphatic rings. The van der Waals surface area contributed by atoms with Crippen LogP contribution in [0.25, 0.3) is 0 Å². The van der Waals surface area contributed by atoms with Crippen molar-refractivity contribution in [2.75, 3.05) is 7.11 Å². The maximum Gasteiger partial charge on any atom is 0.356 e. The number of nitrogens with zero attached hydrogens (tertiary/aromatic N) is 1. The molecule has 0 spiro atoms. The van der Waals surface area contributed by atoms with E-state index in [1.807, 2.05) is 115 Å². The Morgan fingerprint density at radius 2 is 1.28 bits per heavy atom. The third-order valence-electron chi connectivity index (χ3n) is 6.69. The van der Waals surface area contributed by atoms with Crippen molar-refractivity contribution >= 4 is 68.7 Å². The zero-order chi connectivity index (χ0) is 27.4. The van der Waals surface area contributed by atoms with E-state index in [2.05, 4.69) is 15.9 Å². The minimum atomic E-state index is -2.92. The molecule has 39 heavy (non-hydrogen) atoms. The Hall–Kier alpha value is -3.25. The number of β-lactam (4-membered cyclic amide) rings is 1. The SMILES string of the molecule is COc1ccc(COC(=O)C(N2C(=O)[C@H](Br)[C@H]2S)=P(c2ccccc2)(c2ccccc2)c2ccccc2)cc1. The third-order valence-corrected chi connectivity index (χ3v) is 12.8. The monoisotopic (exact) mass is 619 g/mol. The van der Waals surface area contributed by atoms with Crippen molar-refractivity contribution in [2.24, 2.45) is 0 Å². The summed E-state index contributed by atoms with van der Waals surface area (Å²) in [6, 6.07) is 37.1. The van der Waals surface area contributed by atoms with Crippen LogP contribution in [0.5, 0.6) is 5.75 Å². The highest BCUT2D eigenvalue weighted by molar-refractivity contribution is 9.10. The number of esters is 1. The second-order valence-electron chi connectivity index (χ2n) is 8.95. The molecule has 1 aliphatic heterocycles. The largest absolute Gasteiger partial charge is 0.497 e. The predicted octanol–water partition coefficient (Wildman–Crippen LogP) is 4.72. The van der Waals surface area contributed by atoms with E-state index < -0.39 is 23.1 Å². The molecule has 1 saturated heterocycles. The van der Waals surface area contributed by atoms with Gasteiger partial charge in [-0.25, -0.2) is 4.79 Å². The van der Waals surface area contributed by atoms with Gasteiger partial charge < -0.3 is 9.47 Å². The first kappa shape index (κ1) is 27.3. The fourth-order valence-corrected chi connectivity index (χ4v) is 10.0. The highest BCUT2D eigenvalue weighted by atomic mass is 79.9. The van der Waals surface area contributed by atoms with Gasteiger partial charge in [0.1, 0.15) is 28.0 Å². The van der Waals surface area contributed by atoms with Gasteiger partial charge in [-0.1, -0.05) is 119 Å². The van der Waals surface area contributed by atoms with Gasteiger partial charge in [0, 0.05) is 6.89 Å². The molecule has 1 heterocycles. The number of benzene rings is 4. The van der Waals surface area contributed by atoms with Crippen molar-refractivity contribution in [3.63, 3.8) is 0 Å². The van der Waals surface area contributed by atoms with Crippen LogP contribution in [-0.2, 0) is 20.9 Å². The summed E-state index contributed by atoms with van der Waals surface area (Å²) in [4.78, 5) is 28.8. The van der Waals surface area contributed by atoms with Crippen LogP contribution in [0, 0.1) is 0 Å². The number of carbonyl (C=O) groups is 2. The molecule has 8 heteroatoms. The number of hydrogen-bond acceptors (Lipinski definition) is 5. The number of hydrogen-bond donors (Lipinski definition) is 1. The van der Waals surface area contributed by atoms with E-state index in [0.29, 0.717) is 11.2 Å². The zero-order valence-electron chi connectivity index (χ0n) is 21.2. The number of methoxy groups -OCH3 is 1. The van der Waals surface area contributed by atoms with Gasteiger partial charge >= 0.3 is 5.97 Å². The van der Waals surface area contributed by atoms with E-state index in [1.54, 1.807) is 7.11 Å². The van der Waals surface area contributed by atoms with Crippen LogP contribution < -0.4 is 20.7 Å². The highest BCUT2D eigenvalue weighted by Gasteiger charge is 2.51. The lowest BCUT2D eigenvalue weighted by atomic mass is 10.2. The van der Waals surface area contributed by atoms with Gasteiger partial charge in [0.05, 0.1) is 7.11 Å². The number of halogens is 1. The Labute approximate surface area is 242 Å². The molecule has 0 aliphatic carbocycles. The minimum absolute atomic E-state index is 0.0434. The van der Waals surface area contributed by atoms with Gasteiger partial charge in [0.25, 0.3) is 0 Å². The fraction of sp³-hybridized carbons (Fsp3) is 0.129. The highest BCUT2D eigenvalue weighted by Crippen LogP contribution is 2.49. The molecular weight excluding hydrogens is 593 g/mol. The summed E-state index contributed by atoms with van der Waals surface area (Å²) in [7, 11) is 1.60. The molecule has 198 valence electrons. The van der Waals surface area contributed by atoms with Crippen molar-refractivity contribution in [2.45, 2.75) is 16.8 Å². The lowest BCUT2D eigenvalue weighted by Crippen LogP contribution is -2.64. The van der Waals surface area contributed by atoms with Crippen LogP contribution in [0.1, 0.15) is 5.56 Å². The zero-order valence-corrected chi connectivity index (χ0v) is 24.6. The van der Waals surface area contributed by atoms with Crippen molar-refractivity contribution in [1.29, 1.82) is 0 Å². The number of carbonyl (C=O) groups excluding carboxylic acids is 2. The molecule has 4 aromatic rings. The molecule has 1 amide bonds. The van der Waals surface area contributed by atoms with E-state index in [-0.39, 0.29) is 12.5 Å². The Kier molecular flexibility index (Phi) is 8.31. The van der Waals surface area contributed by atoms with Crippen LogP contribution >= 0.6 is 35.4 Å². The number of amides is 1. The molecule has 0 saturated carbocycles. The van der Waals surface area contributed by atoms with Crippen LogP contribution in [0.3, 0.4) is 0 Å². The smallest absolute Gasteiger partial charge is 0.356 e. The van der Waals surface area contributed by atoms with E-state index in [9.17, 15) is 9.59 Å². The van der Waals surface area contributed by atoms with E-state index in [4.69, 9.17) is 22.1 Å². The van der Waals surface area contributed by atoms with Crippen LogP contribution in [0.2, 0.25) is 0 Å². The average Bonchev–Trinajstić information content (AvgIpc) is 3.01. The van der Waals surface area contributed by atoms with E-state index in [1.165, 1.54) is 4.90 Å². The molecule has 0 bridgehead atoms. The van der Waals surface area contributed by atoms with Gasteiger partial charge in [-0.05, 0) is 33.6 Å². The summed E-state index contributed by atoms with van der Waals surface area (Å²) in [5, 5.41) is 2.28. The maximum atomic E-state index is 14.3. The Morgan fingerprint density at radius 1 is 0.821 bits per heavy atom. The first-order valence-electron chi connectivity index (χ1n) is 12.4. The molecule has 0 aromatic heterocycles. The topological polar surface area (TPSA) is 55.8 Å². The van der Waals surface area contributed by atoms with E-state index in [0.717, 1.165) is 21.5 Å². The first-order valence-corrected chi connectivity index (χ1v) is 15.6. The number of likely N-dealkylation sites (tertiary alicyclic amines) is 1. The summed E-state index contributed by atoms with van der Waals surface area (Å²) in [6.45, 7) is -2.88. The Balaban J connectivity index is 1.80. The molecule has 0 N–H and O–H groups in total. The van der Waals surface area contributed by atoms with Crippen LogP contribution in [0.15, 0.2) is 115 Å². The lowest BCUT2D eigenvalue weighted by molar-refractivity contribution is -0.142. The molecular formula is C31H27BrNO4PS. The summed E-state index contributed by atoms with van der Waals surface area (Å²) in [6.07, 6.45) is 0. The molecule has 0 unspecified atom stereocenters. The maximum absolute atomic E-state index is 14.3. The summed E-state index contributed by atoms with van der Waals surface area (Å²) >= 11 is 8.17. The van der Waals surface area contributed by atoms with Crippen molar-refractivity contribution in [3.8, 4) is 5.75 Å². The number of alkyl halides is 1. The van der Waals surface area contributed by atoms with Gasteiger partial charge in [-0.2, -0.15) is 12.6 Å². The van der Waals surface area contributed by atoms with Crippen molar-refractivity contribution in [3.05, 3.63) is 121 Å². The summed E-state index contributed by atoms with van der Waals surface area (Å²) < 4.78 is 11.2. The summed E-state index contributed by atoms with van der Waals surface area (Å²) in [5.74, 6) is -0.0620. The Bertz CT molecular complexity index is 1410. The third kappa shape index (κ3) is 5.07. The number of ether oxygens (including phenoxy) is 2. The molecule has 0 radical (unpaired) electrons. The van der Waals surface area contributed by atoms with Crippen molar-refractivity contribution < 1.29 is 19.1 Å². The standard InChI is InChI=1S/C31H27BrNO4PS/c1-36-23-19-17-22(18-20-23)21-37-31(35)29(33-28(34)27(32)30(33)39)38(24-11-5-2-6-12-24,25-13-7-3-8-14-25)26-15-9-4-10-16-26/h2-20,27,30,39H,21H2,1H3/t27-,30+/m0/s1. The second kappa shape index (κ2) is 11.9. The predicted molar refractivity (Wildman–Crippen MR) is 165 cm³/mol. The minimum Gasteiger partial charge on any atom is -0.497 e. The molecule has 1 fully saturated rings. The van der Waals surface area contributed by atoms with E-state index >= 15 is 0 Å². The fourth-order valence-electron chi connectivity index (χ4n) is 4.77. The number of rotatable bonds is 8. The normalized spacial score (nSPS) is 16.8. The molecule has 2 atom stereocenters. The molecule has 5 nitrogen and oxygen atoms in total. The van der Waals surface area contributed by atoms with Gasteiger partial charge in [-0.3, -0.25) is 9.69 Å². The van der Waals surface area contributed by atoms with Crippen LogP contribution in [-0.4, -0.2) is 39.5 Å². The second-order valence-corrected chi connectivity index (χ2v) is 13.8. The average molecular weight is 621 g/mol. The molecule has 5 rings (SSSR count). The first-order chi connectivity index (χ1) is 19.0.